The molecule has 0 radical (unpaired) electrons. The normalized spacial score (nSPS) is 24.3. The highest BCUT2D eigenvalue weighted by Crippen LogP contribution is 2.43. The first-order valence-electron chi connectivity index (χ1n) is 14.1. The first-order valence-corrected chi connectivity index (χ1v) is 14.1. The van der Waals surface area contributed by atoms with Gasteiger partial charge in [0, 0.05) is 57.8 Å². The van der Waals surface area contributed by atoms with Crippen LogP contribution in [0.3, 0.4) is 0 Å². The highest BCUT2D eigenvalue weighted by atomic mass is 16.3. The smallest absolute Gasteiger partial charge is 0.255 e. The molecule has 9 nitrogen and oxygen atoms in total. The average molecular weight is 532 g/mol. The number of benzene rings is 1. The molecular formula is C30H37N5O4. The molecule has 206 valence electrons. The Hall–Kier alpha value is -3.30. The first kappa shape index (κ1) is 26.0. The Balaban J connectivity index is 1.06. The van der Waals surface area contributed by atoms with Gasteiger partial charge < -0.3 is 9.32 Å². The molecule has 6 rings (SSSR count). The molecule has 1 aliphatic carbocycles. The third-order valence-corrected chi connectivity index (χ3v) is 8.79. The molecule has 4 heterocycles. The van der Waals surface area contributed by atoms with Crippen molar-refractivity contribution in [3.05, 3.63) is 58.8 Å². The Morgan fingerprint density at radius 1 is 1.05 bits per heavy atom. The summed E-state index contributed by atoms with van der Waals surface area (Å²) in [5.41, 5.74) is 5.93. The van der Waals surface area contributed by atoms with Gasteiger partial charge in [0.15, 0.2) is 6.39 Å². The van der Waals surface area contributed by atoms with E-state index in [-0.39, 0.29) is 29.6 Å². The summed E-state index contributed by atoms with van der Waals surface area (Å²) in [7, 11) is 0. The van der Waals surface area contributed by atoms with Crippen LogP contribution in [-0.2, 0) is 22.7 Å². The number of nitrogens with zero attached hydrogens (tertiary/aromatic N) is 4. The van der Waals surface area contributed by atoms with Crippen molar-refractivity contribution in [2.75, 3.05) is 32.7 Å². The minimum atomic E-state index is -0.575. The third-order valence-electron chi connectivity index (χ3n) is 8.79. The van der Waals surface area contributed by atoms with E-state index in [4.69, 9.17) is 4.42 Å². The van der Waals surface area contributed by atoms with E-state index in [1.54, 1.807) is 4.90 Å². The number of amides is 3. The van der Waals surface area contributed by atoms with Crippen molar-refractivity contribution in [1.29, 1.82) is 0 Å². The van der Waals surface area contributed by atoms with Gasteiger partial charge in [0.05, 0.1) is 6.20 Å². The molecule has 1 aromatic carbocycles. The van der Waals surface area contributed by atoms with Crippen LogP contribution in [0.25, 0.3) is 5.57 Å². The number of rotatable bonds is 6. The van der Waals surface area contributed by atoms with Gasteiger partial charge in [-0.25, -0.2) is 4.98 Å². The lowest BCUT2D eigenvalue weighted by Crippen LogP contribution is -2.52. The summed E-state index contributed by atoms with van der Waals surface area (Å²) in [5.74, 6) is 0.163. The molecule has 0 saturated carbocycles. The maximum Gasteiger partial charge on any atom is 0.255 e. The molecule has 3 aliphatic heterocycles. The Labute approximate surface area is 229 Å². The van der Waals surface area contributed by atoms with Gasteiger partial charge in [-0.1, -0.05) is 26.0 Å². The van der Waals surface area contributed by atoms with Gasteiger partial charge in [0.25, 0.3) is 5.91 Å². The maximum atomic E-state index is 13.0. The van der Waals surface area contributed by atoms with E-state index in [0.29, 0.717) is 18.5 Å². The number of hydrogen-bond acceptors (Lipinski definition) is 7. The van der Waals surface area contributed by atoms with E-state index in [1.165, 1.54) is 29.5 Å². The Kier molecular flexibility index (Phi) is 6.89. The highest BCUT2D eigenvalue weighted by Gasteiger charge is 2.39. The van der Waals surface area contributed by atoms with Crippen LogP contribution in [0.15, 0.2) is 40.8 Å². The molecule has 1 N–H and O–H groups in total. The average Bonchev–Trinajstić information content (AvgIpc) is 3.55. The van der Waals surface area contributed by atoms with E-state index in [1.807, 2.05) is 18.3 Å². The molecule has 0 spiro atoms. The SMILES string of the molecule is CC1(C)CCC(CN2CCN(Cc3ccc4c(c3)CN(C3CCC(=O)NC3=O)C4=O)CC2)=C(c2cnco2)C1. The van der Waals surface area contributed by atoms with Gasteiger partial charge >= 0.3 is 0 Å². The fourth-order valence-electron chi connectivity index (χ4n) is 6.49. The van der Waals surface area contributed by atoms with Crippen LogP contribution in [0.4, 0.5) is 0 Å². The number of hydrogen-bond donors (Lipinski definition) is 1. The molecule has 39 heavy (non-hydrogen) atoms. The molecule has 2 aromatic rings. The number of piperidine rings is 1. The summed E-state index contributed by atoms with van der Waals surface area (Å²) in [5, 5.41) is 2.37. The predicted molar refractivity (Wildman–Crippen MR) is 145 cm³/mol. The molecule has 2 fully saturated rings. The van der Waals surface area contributed by atoms with E-state index in [0.717, 1.165) is 63.4 Å². The van der Waals surface area contributed by atoms with Crippen molar-refractivity contribution in [3.63, 3.8) is 0 Å². The third kappa shape index (κ3) is 5.43. The fourth-order valence-corrected chi connectivity index (χ4v) is 6.49. The number of piperazine rings is 1. The second-order valence-corrected chi connectivity index (χ2v) is 12.2. The summed E-state index contributed by atoms with van der Waals surface area (Å²) in [6.45, 7) is 10.9. The standard InChI is InChI=1S/C30H37N5O4/c1-30(2)8-7-21(24(14-30)26-15-31-19-39-26)17-34-11-9-33(10-12-34)16-20-3-4-23-22(13-20)18-35(29(23)38)25-5-6-27(36)32-28(25)37/h3-4,13,15,19,25H,5-12,14,16-18H2,1-2H3,(H,32,36,37). The predicted octanol–water partition coefficient (Wildman–Crippen LogP) is 3.22. The minimum Gasteiger partial charge on any atom is -0.444 e. The van der Waals surface area contributed by atoms with Crippen molar-refractivity contribution in [2.24, 2.45) is 5.41 Å². The lowest BCUT2D eigenvalue weighted by Gasteiger charge is -2.38. The van der Waals surface area contributed by atoms with E-state index in [9.17, 15) is 14.4 Å². The maximum absolute atomic E-state index is 13.0. The fraction of sp³-hybridized carbons (Fsp3) is 0.533. The number of carbonyl (C=O) groups excluding carboxylic acids is 3. The number of allylic oxidation sites excluding steroid dienone is 1. The Morgan fingerprint density at radius 3 is 2.54 bits per heavy atom. The Bertz CT molecular complexity index is 1310. The molecular weight excluding hydrogens is 494 g/mol. The lowest BCUT2D eigenvalue weighted by molar-refractivity contribution is -0.136. The topological polar surface area (TPSA) is 99.0 Å². The largest absolute Gasteiger partial charge is 0.444 e. The molecule has 9 heteroatoms. The second kappa shape index (κ2) is 10.4. The summed E-state index contributed by atoms with van der Waals surface area (Å²) >= 11 is 0. The van der Waals surface area contributed by atoms with Crippen molar-refractivity contribution in [3.8, 4) is 0 Å². The minimum absolute atomic E-state index is 0.121. The monoisotopic (exact) mass is 531 g/mol. The molecule has 1 unspecified atom stereocenters. The van der Waals surface area contributed by atoms with Crippen molar-refractivity contribution < 1.29 is 18.8 Å². The van der Waals surface area contributed by atoms with E-state index in [2.05, 4.69) is 40.0 Å². The van der Waals surface area contributed by atoms with Crippen LogP contribution in [0.5, 0.6) is 0 Å². The van der Waals surface area contributed by atoms with Crippen molar-refractivity contribution >= 4 is 23.3 Å². The molecule has 1 atom stereocenters. The number of nitrogens with one attached hydrogen (secondary N) is 1. The quantitative estimate of drug-likeness (QED) is 0.572. The summed E-state index contributed by atoms with van der Waals surface area (Å²) in [6, 6.07) is 5.48. The second-order valence-electron chi connectivity index (χ2n) is 12.2. The zero-order valence-corrected chi connectivity index (χ0v) is 22.9. The number of fused-ring (bicyclic) bond motifs is 1. The van der Waals surface area contributed by atoms with Crippen molar-refractivity contribution in [1.82, 2.24) is 25.0 Å². The van der Waals surface area contributed by atoms with Gasteiger partial charge in [-0.2, -0.15) is 0 Å². The van der Waals surface area contributed by atoms with Gasteiger partial charge in [-0.3, -0.25) is 29.5 Å². The van der Waals surface area contributed by atoms with Crippen LogP contribution >= 0.6 is 0 Å². The van der Waals surface area contributed by atoms with Gasteiger partial charge in [-0.05, 0) is 59.4 Å². The Morgan fingerprint density at radius 2 is 1.82 bits per heavy atom. The zero-order valence-electron chi connectivity index (χ0n) is 22.9. The molecule has 1 aromatic heterocycles. The van der Waals surface area contributed by atoms with Crippen LogP contribution < -0.4 is 5.32 Å². The van der Waals surface area contributed by atoms with Crippen molar-refractivity contribution in [2.45, 2.75) is 65.1 Å². The summed E-state index contributed by atoms with van der Waals surface area (Å²) < 4.78 is 5.70. The van der Waals surface area contributed by atoms with Gasteiger partial charge in [0.1, 0.15) is 11.8 Å². The lowest BCUT2D eigenvalue weighted by atomic mass is 9.73. The summed E-state index contributed by atoms with van der Waals surface area (Å²) in [4.78, 5) is 47.6. The number of aromatic nitrogens is 1. The van der Waals surface area contributed by atoms with Crippen LogP contribution in [0, 0.1) is 5.41 Å². The molecule has 2 saturated heterocycles. The molecule has 0 bridgehead atoms. The molecule has 3 amide bonds. The van der Waals surface area contributed by atoms with Gasteiger partial charge in [-0.15, -0.1) is 0 Å². The number of carbonyl (C=O) groups is 3. The zero-order chi connectivity index (χ0) is 27.1. The number of imide groups is 1. The first-order chi connectivity index (χ1) is 18.8. The highest BCUT2D eigenvalue weighted by molar-refractivity contribution is 6.05. The van der Waals surface area contributed by atoms with Crippen LogP contribution in [-0.4, -0.2) is 76.2 Å². The summed E-state index contributed by atoms with van der Waals surface area (Å²) in [6.07, 6.45) is 7.36. The number of oxazole rings is 1. The van der Waals surface area contributed by atoms with Crippen LogP contribution in [0.1, 0.15) is 73.2 Å². The molecule has 4 aliphatic rings. The van der Waals surface area contributed by atoms with Crippen LogP contribution in [0.2, 0.25) is 0 Å². The van der Waals surface area contributed by atoms with E-state index >= 15 is 0 Å². The van der Waals surface area contributed by atoms with Gasteiger partial charge in [0.2, 0.25) is 11.8 Å². The van der Waals surface area contributed by atoms with E-state index < -0.39 is 6.04 Å².